The van der Waals surface area contributed by atoms with Crippen molar-refractivity contribution < 1.29 is 17.9 Å². The number of ether oxygens (including phenoxy) is 1. The third-order valence-corrected chi connectivity index (χ3v) is 4.58. The summed E-state index contributed by atoms with van der Waals surface area (Å²) >= 11 is 5.82. The molecule has 0 amide bonds. The maximum atomic E-state index is 12.2. The average Bonchev–Trinajstić information content (AvgIpc) is 2.98. The SMILES string of the molecule is CCOC(=O)CCNS(=O)(=O)c1c[nH]c(-c2ccnc(Cl)c2)c1. The van der Waals surface area contributed by atoms with Crippen molar-refractivity contribution in [3.05, 3.63) is 35.7 Å². The van der Waals surface area contributed by atoms with E-state index in [1.54, 1.807) is 19.1 Å². The Balaban J connectivity index is 2.05. The van der Waals surface area contributed by atoms with E-state index in [2.05, 4.69) is 14.7 Å². The molecule has 0 aliphatic carbocycles. The molecule has 0 bridgehead atoms. The number of hydrogen-bond donors (Lipinski definition) is 2. The van der Waals surface area contributed by atoms with Gasteiger partial charge >= 0.3 is 5.97 Å². The maximum absolute atomic E-state index is 12.2. The molecular formula is C14H16ClN3O4S. The molecule has 2 rings (SSSR count). The maximum Gasteiger partial charge on any atom is 0.307 e. The lowest BCUT2D eigenvalue weighted by molar-refractivity contribution is -0.142. The van der Waals surface area contributed by atoms with Gasteiger partial charge in [-0.2, -0.15) is 0 Å². The molecule has 0 saturated heterocycles. The minimum atomic E-state index is -3.71. The molecule has 2 aromatic rings. The fraction of sp³-hybridized carbons (Fsp3) is 0.286. The van der Waals surface area contributed by atoms with Crippen LogP contribution in [0.25, 0.3) is 11.3 Å². The number of pyridine rings is 1. The highest BCUT2D eigenvalue weighted by Crippen LogP contribution is 2.22. The molecule has 2 N–H and O–H groups in total. The summed E-state index contributed by atoms with van der Waals surface area (Å²) in [4.78, 5) is 18.0. The van der Waals surface area contributed by atoms with Gasteiger partial charge in [0.15, 0.2) is 0 Å². The van der Waals surface area contributed by atoms with E-state index >= 15 is 0 Å². The summed E-state index contributed by atoms with van der Waals surface area (Å²) < 4.78 is 31.4. The van der Waals surface area contributed by atoms with Gasteiger partial charge in [0.05, 0.1) is 13.0 Å². The van der Waals surface area contributed by atoms with Crippen LogP contribution in [0.5, 0.6) is 0 Å². The molecular weight excluding hydrogens is 342 g/mol. The van der Waals surface area contributed by atoms with Gasteiger partial charge in [-0.05, 0) is 25.1 Å². The van der Waals surface area contributed by atoms with Crippen LogP contribution in [-0.2, 0) is 19.6 Å². The van der Waals surface area contributed by atoms with Crippen LogP contribution >= 0.6 is 11.6 Å². The number of rotatable bonds is 7. The molecule has 0 aliphatic heterocycles. The second-order valence-corrected chi connectivity index (χ2v) is 6.72. The number of nitrogens with zero attached hydrogens (tertiary/aromatic N) is 1. The standard InChI is InChI=1S/C14H16ClN3O4S/c1-2-22-14(19)4-6-18-23(20,21)11-8-12(17-9-11)10-3-5-16-13(15)7-10/h3,5,7-9,17-18H,2,4,6H2,1H3. The number of aromatic amines is 1. The zero-order chi connectivity index (χ0) is 16.9. The molecule has 23 heavy (non-hydrogen) atoms. The van der Waals surface area contributed by atoms with Gasteiger partial charge in [0.2, 0.25) is 10.0 Å². The van der Waals surface area contributed by atoms with Gasteiger partial charge in [0, 0.05) is 30.2 Å². The normalized spacial score (nSPS) is 11.4. The highest BCUT2D eigenvalue weighted by atomic mass is 35.5. The van der Waals surface area contributed by atoms with Crippen molar-refractivity contribution in [1.29, 1.82) is 0 Å². The summed E-state index contributed by atoms with van der Waals surface area (Å²) in [7, 11) is -3.71. The molecule has 0 unspecified atom stereocenters. The smallest absolute Gasteiger partial charge is 0.307 e. The third-order valence-electron chi connectivity index (χ3n) is 2.93. The van der Waals surface area contributed by atoms with Gasteiger partial charge in [-0.25, -0.2) is 18.1 Å². The molecule has 2 aromatic heterocycles. The van der Waals surface area contributed by atoms with Gasteiger partial charge in [0.1, 0.15) is 10.0 Å². The first-order valence-corrected chi connectivity index (χ1v) is 8.74. The number of carbonyl (C=O) groups is 1. The molecule has 0 fully saturated rings. The van der Waals surface area contributed by atoms with Crippen molar-refractivity contribution in [3.63, 3.8) is 0 Å². The average molecular weight is 358 g/mol. The first-order valence-electron chi connectivity index (χ1n) is 6.88. The van der Waals surface area contributed by atoms with Crippen LogP contribution < -0.4 is 4.72 Å². The molecule has 9 heteroatoms. The second-order valence-electron chi connectivity index (χ2n) is 4.57. The van der Waals surface area contributed by atoms with Crippen LogP contribution in [0.1, 0.15) is 13.3 Å². The van der Waals surface area contributed by atoms with Gasteiger partial charge in [-0.15, -0.1) is 0 Å². The lowest BCUT2D eigenvalue weighted by Crippen LogP contribution is -2.26. The lowest BCUT2D eigenvalue weighted by Gasteiger charge is -2.04. The Bertz CT molecular complexity index is 789. The largest absolute Gasteiger partial charge is 0.466 e. The van der Waals surface area contributed by atoms with Crippen molar-refractivity contribution in [1.82, 2.24) is 14.7 Å². The van der Waals surface area contributed by atoms with Gasteiger partial charge in [-0.3, -0.25) is 4.79 Å². The van der Waals surface area contributed by atoms with E-state index in [0.717, 1.165) is 5.56 Å². The van der Waals surface area contributed by atoms with Crippen LogP contribution in [0, 0.1) is 0 Å². The minimum Gasteiger partial charge on any atom is -0.466 e. The van der Waals surface area contributed by atoms with Gasteiger partial charge in [-0.1, -0.05) is 11.6 Å². The number of aromatic nitrogens is 2. The van der Waals surface area contributed by atoms with Crippen molar-refractivity contribution in [2.45, 2.75) is 18.2 Å². The Hall–Kier alpha value is -1.90. The van der Waals surface area contributed by atoms with Crippen LogP contribution in [0.4, 0.5) is 0 Å². The Labute approximate surface area is 139 Å². The van der Waals surface area contributed by atoms with Crippen LogP contribution in [0.15, 0.2) is 35.5 Å². The van der Waals surface area contributed by atoms with E-state index in [0.29, 0.717) is 10.8 Å². The Kier molecular flexibility index (Phi) is 5.75. The predicted octanol–water partition coefficient (Wildman–Crippen LogP) is 1.96. The summed E-state index contributed by atoms with van der Waals surface area (Å²) in [5, 5.41) is 0.314. The van der Waals surface area contributed by atoms with E-state index in [9.17, 15) is 13.2 Å². The summed E-state index contributed by atoms with van der Waals surface area (Å²) in [6.45, 7) is 1.93. The predicted molar refractivity (Wildman–Crippen MR) is 85.5 cm³/mol. The Morgan fingerprint density at radius 2 is 2.22 bits per heavy atom. The molecule has 0 aromatic carbocycles. The molecule has 2 heterocycles. The van der Waals surface area contributed by atoms with Crippen molar-refractivity contribution in [2.75, 3.05) is 13.2 Å². The number of halogens is 1. The summed E-state index contributed by atoms with van der Waals surface area (Å²) in [5.74, 6) is -0.448. The summed E-state index contributed by atoms with van der Waals surface area (Å²) in [6, 6.07) is 4.82. The lowest BCUT2D eigenvalue weighted by atomic mass is 10.2. The summed E-state index contributed by atoms with van der Waals surface area (Å²) in [5.41, 5.74) is 1.32. The van der Waals surface area contributed by atoms with Crippen molar-refractivity contribution >= 4 is 27.6 Å². The summed E-state index contributed by atoms with van der Waals surface area (Å²) in [6.07, 6.45) is 2.88. The van der Waals surface area contributed by atoms with Gasteiger partial charge in [0.25, 0.3) is 0 Å². The van der Waals surface area contributed by atoms with Gasteiger partial charge < -0.3 is 9.72 Å². The number of H-pyrrole nitrogens is 1. The first-order chi connectivity index (χ1) is 10.9. The molecule has 0 atom stereocenters. The van der Waals surface area contributed by atoms with Crippen LogP contribution in [0.2, 0.25) is 5.15 Å². The first kappa shape index (κ1) is 17.5. The topological polar surface area (TPSA) is 101 Å². The van der Waals surface area contributed by atoms with E-state index in [1.807, 2.05) is 0 Å². The number of carbonyl (C=O) groups excluding carboxylic acids is 1. The Morgan fingerprint density at radius 3 is 2.91 bits per heavy atom. The third kappa shape index (κ3) is 4.78. The molecule has 7 nitrogen and oxygen atoms in total. The number of nitrogens with one attached hydrogen (secondary N) is 2. The highest BCUT2D eigenvalue weighted by Gasteiger charge is 2.17. The number of hydrogen-bond acceptors (Lipinski definition) is 5. The highest BCUT2D eigenvalue weighted by molar-refractivity contribution is 7.89. The van der Waals surface area contributed by atoms with E-state index in [-0.39, 0.29) is 24.5 Å². The zero-order valence-electron chi connectivity index (χ0n) is 12.4. The molecule has 0 radical (unpaired) electrons. The zero-order valence-corrected chi connectivity index (χ0v) is 13.9. The Morgan fingerprint density at radius 1 is 1.43 bits per heavy atom. The van der Waals surface area contributed by atoms with E-state index < -0.39 is 16.0 Å². The number of sulfonamides is 1. The van der Waals surface area contributed by atoms with Crippen molar-refractivity contribution in [2.24, 2.45) is 0 Å². The second kappa shape index (κ2) is 7.58. The molecule has 0 saturated carbocycles. The molecule has 0 aliphatic rings. The molecule has 124 valence electrons. The fourth-order valence-electron chi connectivity index (χ4n) is 1.87. The van der Waals surface area contributed by atoms with Crippen LogP contribution in [0.3, 0.4) is 0 Å². The van der Waals surface area contributed by atoms with E-state index in [1.165, 1.54) is 18.5 Å². The van der Waals surface area contributed by atoms with Crippen molar-refractivity contribution in [3.8, 4) is 11.3 Å². The minimum absolute atomic E-state index is 0.0235. The quantitative estimate of drug-likeness (QED) is 0.582. The van der Waals surface area contributed by atoms with E-state index in [4.69, 9.17) is 16.3 Å². The number of esters is 1. The monoisotopic (exact) mass is 357 g/mol. The fourth-order valence-corrected chi connectivity index (χ4v) is 3.07. The van der Waals surface area contributed by atoms with Crippen LogP contribution in [-0.4, -0.2) is 37.5 Å². The molecule has 0 spiro atoms.